The van der Waals surface area contributed by atoms with Gasteiger partial charge in [0.1, 0.15) is 5.54 Å². The summed E-state index contributed by atoms with van der Waals surface area (Å²) in [5.74, 6) is 0. The van der Waals surface area contributed by atoms with Crippen LogP contribution in [0.25, 0.3) is 0 Å². The minimum Gasteiger partial charge on any atom is -0.378 e. The lowest BCUT2D eigenvalue weighted by Crippen LogP contribution is -2.44. The molecule has 0 aliphatic rings. The molecule has 0 radical (unpaired) electrons. The molecule has 0 aromatic heterocycles. The highest BCUT2D eigenvalue weighted by Gasteiger charge is 2.25. The molecule has 0 heterocycles. The Morgan fingerprint density at radius 3 is 2.53 bits per heavy atom. The van der Waals surface area contributed by atoms with E-state index in [0.717, 1.165) is 32.4 Å². The summed E-state index contributed by atoms with van der Waals surface area (Å²) in [5.41, 5.74) is -0.458. The van der Waals surface area contributed by atoms with Gasteiger partial charge in [0.05, 0.1) is 12.2 Å². The summed E-state index contributed by atoms with van der Waals surface area (Å²) in [5, 5.41) is 12.5. The van der Waals surface area contributed by atoms with Crippen molar-refractivity contribution in [1.82, 2.24) is 5.32 Å². The van der Waals surface area contributed by atoms with Gasteiger partial charge < -0.3 is 4.74 Å². The highest BCUT2D eigenvalue weighted by Crippen LogP contribution is 2.14. The molecule has 2 unspecified atom stereocenters. The zero-order valence-corrected chi connectivity index (χ0v) is 11.9. The van der Waals surface area contributed by atoms with E-state index in [0.29, 0.717) is 0 Å². The molecule has 0 aromatic carbocycles. The molecule has 0 aliphatic carbocycles. The number of unbranched alkanes of at least 4 members (excludes halogenated alkanes) is 2. The minimum absolute atomic E-state index is 0.140. The van der Waals surface area contributed by atoms with Gasteiger partial charge in [-0.05, 0) is 33.2 Å². The molecule has 3 nitrogen and oxygen atoms in total. The van der Waals surface area contributed by atoms with Crippen molar-refractivity contribution in [2.24, 2.45) is 0 Å². The van der Waals surface area contributed by atoms with Gasteiger partial charge in [0.15, 0.2) is 0 Å². The topological polar surface area (TPSA) is 45.0 Å². The van der Waals surface area contributed by atoms with E-state index in [1.807, 2.05) is 6.92 Å². The molecular weight excluding hydrogens is 212 g/mol. The predicted molar refractivity (Wildman–Crippen MR) is 71.9 cm³/mol. The van der Waals surface area contributed by atoms with Gasteiger partial charge in [-0.3, -0.25) is 5.32 Å². The van der Waals surface area contributed by atoms with E-state index in [2.05, 4.69) is 32.2 Å². The van der Waals surface area contributed by atoms with Crippen molar-refractivity contribution in [3.05, 3.63) is 0 Å². The Labute approximate surface area is 107 Å². The third-order valence-electron chi connectivity index (χ3n) is 2.86. The number of hydrogen-bond acceptors (Lipinski definition) is 3. The van der Waals surface area contributed by atoms with E-state index in [1.165, 1.54) is 12.8 Å². The van der Waals surface area contributed by atoms with Crippen molar-refractivity contribution in [3.63, 3.8) is 0 Å². The van der Waals surface area contributed by atoms with E-state index < -0.39 is 5.54 Å². The van der Waals surface area contributed by atoms with Crippen molar-refractivity contribution in [1.29, 1.82) is 5.26 Å². The number of hydrogen-bond donors (Lipinski definition) is 1. The van der Waals surface area contributed by atoms with Crippen molar-refractivity contribution < 1.29 is 4.74 Å². The second kappa shape index (κ2) is 9.44. The summed E-state index contributed by atoms with van der Waals surface area (Å²) < 4.78 is 5.73. The highest BCUT2D eigenvalue weighted by atomic mass is 16.5. The van der Waals surface area contributed by atoms with Crippen LogP contribution in [-0.4, -0.2) is 24.8 Å². The van der Waals surface area contributed by atoms with E-state index in [-0.39, 0.29) is 6.10 Å². The van der Waals surface area contributed by atoms with Gasteiger partial charge in [0.25, 0.3) is 0 Å². The van der Waals surface area contributed by atoms with E-state index >= 15 is 0 Å². The summed E-state index contributed by atoms with van der Waals surface area (Å²) in [6, 6.07) is 2.35. The number of ether oxygens (including phenoxy) is 1. The zero-order valence-electron chi connectivity index (χ0n) is 11.9. The summed E-state index contributed by atoms with van der Waals surface area (Å²) >= 11 is 0. The van der Waals surface area contributed by atoms with Gasteiger partial charge in [-0.2, -0.15) is 5.26 Å². The maximum atomic E-state index is 9.20. The van der Waals surface area contributed by atoms with Crippen molar-refractivity contribution in [2.75, 3.05) is 13.2 Å². The molecule has 0 saturated carbocycles. The molecule has 17 heavy (non-hydrogen) atoms. The van der Waals surface area contributed by atoms with Crippen LogP contribution in [-0.2, 0) is 4.74 Å². The second-order valence-corrected chi connectivity index (χ2v) is 4.96. The van der Waals surface area contributed by atoms with Gasteiger partial charge in [-0.1, -0.05) is 26.7 Å². The SMILES string of the molecule is CCCCCOC(C)CC(C)(C#N)NCCC. The Balaban J connectivity index is 3.89. The van der Waals surface area contributed by atoms with Crippen LogP contribution in [0.1, 0.15) is 59.8 Å². The van der Waals surface area contributed by atoms with Gasteiger partial charge in [-0.15, -0.1) is 0 Å². The second-order valence-electron chi connectivity index (χ2n) is 4.96. The van der Waals surface area contributed by atoms with Crippen LogP contribution in [0.15, 0.2) is 0 Å². The first-order valence-corrected chi connectivity index (χ1v) is 6.85. The Hall–Kier alpha value is -0.590. The number of nitrogens with one attached hydrogen (secondary N) is 1. The van der Waals surface area contributed by atoms with Gasteiger partial charge in [-0.25, -0.2) is 0 Å². The molecule has 0 bridgehead atoms. The Morgan fingerprint density at radius 2 is 2.00 bits per heavy atom. The maximum Gasteiger partial charge on any atom is 0.106 e. The molecule has 3 heteroatoms. The molecule has 0 rings (SSSR count). The molecule has 0 amide bonds. The molecule has 0 aromatic rings. The van der Waals surface area contributed by atoms with Crippen LogP contribution in [0.5, 0.6) is 0 Å². The van der Waals surface area contributed by atoms with Crippen LogP contribution in [0.3, 0.4) is 0 Å². The fourth-order valence-electron chi connectivity index (χ4n) is 1.83. The number of rotatable bonds is 10. The lowest BCUT2D eigenvalue weighted by atomic mass is 9.96. The zero-order chi connectivity index (χ0) is 13.1. The summed E-state index contributed by atoms with van der Waals surface area (Å²) in [7, 11) is 0. The van der Waals surface area contributed by atoms with E-state index in [9.17, 15) is 5.26 Å². The molecule has 0 saturated heterocycles. The first kappa shape index (κ1) is 16.4. The largest absolute Gasteiger partial charge is 0.378 e. The summed E-state index contributed by atoms with van der Waals surface area (Å²) in [6.45, 7) is 9.99. The molecule has 0 fully saturated rings. The number of nitriles is 1. The van der Waals surface area contributed by atoms with Crippen molar-refractivity contribution >= 4 is 0 Å². The van der Waals surface area contributed by atoms with Crippen LogP contribution in [0, 0.1) is 11.3 Å². The highest BCUT2D eigenvalue weighted by molar-refractivity contribution is 5.04. The van der Waals surface area contributed by atoms with Crippen LogP contribution >= 0.6 is 0 Å². The lowest BCUT2D eigenvalue weighted by molar-refractivity contribution is 0.0453. The predicted octanol–water partition coefficient (Wildman–Crippen LogP) is 3.25. The fourth-order valence-corrected chi connectivity index (χ4v) is 1.83. The summed E-state index contributed by atoms with van der Waals surface area (Å²) in [4.78, 5) is 0. The Bertz CT molecular complexity index is 225. The standard InChI is InChI=1S/C14H28N2O/c1-5-7-8-10-17-13(3)11-14(4,12-15)16-9-6-2/h13,16H,5-11H2,1-4H3. The first-order valence-electron chi connectivity index (χ1n) is 6.85. The summed E-state index contributed by atoms with van der Waals surface area (Å²) in [6.07, 6.45) is 5.48. The number of nitrogens with zero attached hydrogens (tertiary/aromatic N) is 1. The minimum atomic E-state index is -0.458. The van der Waals surface area contributed by atoms with Gasteiger partial charge >= 0.3 is 0 Å². The molecule has 0 aliphatic heterocycles. The van der Waals surface area contributed by atoms with Crippen molar-refractivity contribution in [2.45, 2.75) is 71.4 Å². The maximum absolute atomic E-state index is 9.20. The van der Waals surface area contributed by atoms with Crippen LogP contribution < -0.4 is 5.32 Å². The van der Waals surface area contributed by atoms with E-state index in [4.69, 9.17) is 4.74 Å². The smallest absolute Gasteiger partial charge is 0.106 e. The third kappa shape index (κ3) is 8.18. The Morgan fingerprint density at radius 1 is 1.29 bits per heavy atom. The quantitative estimate of drug-likeness (QED) is 0.596. The normalized spacial score (nSPS) is 16.2. The van der Waals surface area contributed by atoms with Crippen LogP contribution in [0.4, 0.5) is 0 Å². The van der Waals surface area contributed by atoms with Gasteiger partial charge in [0, 0.05) is 13.0 Å². The fraction of sp³-hybridized carbons (Fsp3) is 0.929. The Kier molecular flexibility index (Phi) is 9.11. The average molecular weight is 240 g/mol. The molecule has 2 atom stereocenters. The molecule has 100 valence electrons. The third-order valence-corrected chi connectivity index (χ3v) is 2.86. The van der Waals surface area contributed by atoms with Gasteiger partial charge in [0.2, 0.25) is 0 Å². The molecule has 0 spiro atoms. The average Bonchev–Trinajstić information content (AvgIpc) is 2.32. The van der Waals surface area contributed by atoms with Crippen LogP contribution in [0.2, 0.25) is 0 Å². The van der Waals surface area contributed by atoms with E-state index in [1.54, 1.807) is 0 Å². The molecule has 1 N–H and O–H groups in total. The first-order chi connectivity index (χ1) is 8.08. The monoisotopic (exact) mass is 240 g/mol. The lowest BCUT2D eigenvalue weighted by Gasteiger charge is -2.26. The molecular formula is C14H28N2O. The van der Waals surface area contributed by atoms with Crippen molar-refractivity contribution in [3.8, 4) is 6.07 Å².